The number of halogens is 2. The van der Waals surface area contributed by atoms with E-state index < -0.39 is 0 Å². The van der Waals surface area contributed by atoms with Gasteiger partial charge in [0.05, 0.1) is 0 Å². The lowest BCUT2D eigenvalue weighted by atomic mass is 10.1. The summed E-state index contributed by atoms with van der Waals surface area (Å²) in [6, 6.07) is 9.03. The number of hydrogen-bond donors (Lipinski definition) is 1. The molecule has 1 N–H and O–H groups in total. The molecule has 0 saturated carbocycles. The molecule has 4 nitrogen and oxygen atoms in total. The van der Waals surface area contributed by atoms with Crippen LogP contribution in [0.25, 0.3) is 0 Å². The molecule has 1 aliphatic heterocycles. The van der Waals surface area contributed by atoms with Gasteiger partial charge in [0, 0.05) is 41.4 Å². The summed E-state index contributed by atoms with van der Waals surface area (Å²) in [5.41, 5.74) is 1.60. The molecule has 25 heavy (non-hydrogen) atoms. The summed E-state index contributed by atoms with van der Waals surface area (Å²) in [6.07, 6.45) is 5.99. The van der Waals surface area contributed by atoms with Crippen LogP contribution in [-0.4, -0.2) is 30.5 Å². The minimum Gasteiger partial charge on any atom is -0.357 e. The van der Waals surface area contributed by atoms with Crippen molar-refractivity contribution in [2.24, 2.45) is 0 Å². The quantitative estimate of drug-likeness (QED) is 0.841. The van der Waals surface area contributed by atoms with Gasteiger partial charge in [0.1, 0.15) is 5.82 Å². The third kappa shape index (κ3) is 4.86. The fourth-order valence-electron chi connectivity index (χ4n) is 2.99. The van der Waals surface area contributed by atoms with Crippen molar-refractivity contribution in [2.45, 2.75) is 25.7 Å². The van der Waals surface area contributed by atoms with Crippen LogP contribution in [0.2, 0.25) is 10.0 Å². The summed E-state index contributed by atoms with van der Waals surface area (Å²) >= 11 is 12.1. The predicted molar refractivity (Wildman–Crippen MR) is 103 cm³/mol. The van der Waals surface area contributed by atoms with Gasteiger partial charge in [-0.25, -0.2) is 4.98 Å². The van der Waals surface area contributed by atoms with Crippen LogP contribution in [0.3, 0.4) is 0 Å². The van der Waals surface area contributed by atoms with E-state index in [1.165, 1.54) is 19.3 Å². The smallest absolute Gasteiger partial charge is 0.251 e. The highest BCUT2D eigenvalue weighted by molar-refractivity contribution is 6.35. The van der Waals surface area contributed by atoms with E-state index in [-0.39, 0.29) is 5.91 Å². The number of hydrogen-bond acceptors (Lipinski definition) is 3. The zero-order chi connectivity index (χ0) is 17.6. The van der Waals surface area contributed by atoms with Crippen LogP contribution in [0.15, 0.2) is 36.5 Å². The van der Waals surface area contributed by atoms with E-state index in [0.717, 1.165) is 24.5 Å². The Morgan fingerprint density at radius 2 is 1.92 bits per heavy atom. The van der Waals surface area contributed by atoms with Crippen LogP contribution >= 0.6 is 23.2 Å². The molecule has 1 aromatic heterocycles. The van der Waals surface area contributed by atoms with E-state index >= 15 is 0 Å². The first kappa shape index (κ1) is 18.0. The van der Waals surface area contributed by atoms with Crippen LogP contribution < -0.4 is 10.2 Å². The minimum absolute atomic E-state index is 0.0919. The lowest BCUT2D eigenvalue weighted by Crippen LogP contribution is -2.31. The van der Waals surface area contributed by atoms with Gasteiger partial charge >= 0.3 is 0 Å². The van der Waals surface area contributed by atoms with Crippen LogP contribution in [0.5, 0.6) is 0 Å². The zero-order valence-electron chi connectivity index (χ0n) is 14.0. The third-order valence-electron chi connectivity index (χ3n) is 4.38. The van der Waals surface area contributed by atoms with Gasteiger partial charge < -0.3 is 10.2 Å². The predicted octanol–water partition coefficient (Wildman–Crippen LogP) is 4.35. The molecule has 0 aliphatic carbocycles. The van der Waals surface area contributed by atoms with Gasteiger partial charge in [-0.15, -0.1) is 0 Å². The Balaban J connectivity index is 1.57. The number of benzene rings is 1. The average Bonchev–Trinajstić information content (AvgIpc) is 2.64. The van der Waals surface area contributed by atoms with Crippen molar-refractivity contribution in [1.82, 2.24) is 10.3 Å². The standard InChI is InChI=1S/C19H21Cl2N3O/c20-16-5-4-14(17(21)13-16)6-9-23-19(25)15-7-8-22-18(12-15)24-10-2-1-3-11-24/h4-5,7-8,12-13H,1-3,6,9-11H2,(H,23,25). The largest absolute Gasteiger partial charge is 0.357 e. The van der Waals surface area contributed by atoms with E-state index in [9.17, 15) is 4.79 Å². The summed E-state index contributed by atoms with van der Waals surface area (Å²) in [5.74, 6) is 0.791. The second-order valence-corrected chi connectivity index (χ2v) is 7.04. The fourth-order valence-corrected chi connectivity index (χ4v) is 3.50. The Hall–Kier alpha value is -1.78. The Bertz CT molecular complexity index is 745. The maximum Gasteiger partial charge on any atom is 0.251 e. The molecule has 0 spiro atoms. The van der Waals surface area contributed by atoms with Gasteiger partial charge in [0.25, 0.3) is 5.91 Å². The number of nitrogens with zero attached hydrogens (tertiary/aromatic N) is 2. The maximum absolute atomic E-state index is 12.4. The average molecular weight is 378 g/mol. The highest BCUT2D eigenvalue weighted by Crippen LogP contribution is 2.21. The number of rotatable bonds is 5. The highest BCUT2D eigenvalue weighted by Gasteiger charge is 2.14. The van der Waals surface area contributed by atoms with Crippen molar-refractivity contribution in [2.75, 3.05) is 24.5 Å². The number of piperidine rings is 1. The maximum atomic E-state index is 12.4. The Morgan fingerprint density at radius 3 is 2.68 bits per heavy atom. The van der Waals surface area contributed by atoms with E-state index in [1.807, 2.05) is 12.1 Å². The van der Waals surface area contributed by atoms with Crippen LogP contribution in [0.1, 0.15) is 35.2 Å². The molecule has 0 radical (unpaired) electrons. The van der Waals surface area contributed by atoms with E-state index in [2.05, 4.69) is 15.2 Å². The van der Waals surface area contributed by atoms with Gasteiger partial charge in [-0.2, -0.15) is 0 Å². The van der Waals surface area contributed by atoms with Crippen molar-refractivity contribution < 1.29 is 4.79 Å². The monoisotopic (exact) mass is 377 g/mol. The number of carbonyl (C=O) groups is 1. The van der Waals surface area contributed by atoms with Gasteiger partial charge in [-0.05, 0) is 55.5 Å². The number of amides is 1. The SMILES string of the molecule is O=C(NCCc1ccc(Cl)cc1Cl)c1ccnc(N2CCCCC2)c1. The van der Waals surface area contributed by atoms with Crippen LogP contribution in [0, 0.1) is 0 Å². The first-order valence-corrected chi connectivity index (χ1v) is 9.32. The van der Waals surface area contributed by atoms with Crippen molar-refractivity contribution >= 4 is 34.9 Å². The summed E-state index contributed by atoms with van der Waals surface area (Å²) < 4.78 is 0. The molecular formula is C19H21Cl2N3O. The number of pyridine rings is 1. The molecule has 2 heterocycles. The summed E-state index contributed by atoms with van der Waals surface area (Å²) in [5, 5.41) is 4.18. The summed E-state index contributed by atoms with van der Waals surface area (Å²) in [4.78, 5) is 19.1. The van der Waals surface area contributed by atoms with E-state index in [4.69, 9.17) is 23.2 Å². The Labute approximate surface area is 158 Å². The van der Waals surface area contributed by atoms with Crippen molar-refractivity contribution in [3.05, 3.63) is 57.7 Å². The molecule has 1 aromatic carbocycles. The van der Waals surface area contributed by atoms with Gasteiger partial charge in [-0.3, -0.25) is 4.79 Å². The lowest BCUT2D eigenvalue weighted by Gasteiger charge is -2.27. The Morgan fingerprint density at radius 1 is 1.12 bits per heavy atom. The molecule has 1 fully saturated rings. The van der Waals surface area contributed by atoms with Gasteiger partial charge in [0.15, 0.2) is 0 Å². The molecule has 2 aromatic rings. The summed E-state index contributed by atoms with van der Waals surface area (Å²) in [6.45, 7) is 2.53. The number of carbonyl (C=O) groups excluding carboxylic acids is 1. The molecule has 0 bridgehead atoms. The molecule has 3 rings (SSSR count). The molecule has 6 heteroatoms. The van der Waals surface area contributed by atoms with Crippen molar-refractivity contribution in [3.63, 3.8) is 0 Å². The van der Waals surface area contributed by atoms with Gasteiger partial charge in [0.2, 0.25) is 0 Å². The lowest BCUT2D eigenvalue weighted by molar-refractivity contribution is 0.0954. The first-order chi connectivity index (χ1) is 12.1. The number of nitrogens with one attached hydrogen (secondary N) is 1. The van der Waals surface area contributed by atoms with Crippen molar-refractivity contribution in [1.29, 1.82) is 0 Å². The second kappa shape index (κ2) is 8.54. The fraction of sp³-hybridized carbons (Fsp3) is 0.368. The molecule has 1 amide bonds. The van der Waals surface area contributed by atoms with Gasteiger partial charge in [-0.1, -0.05) is 29.3 Å². The Kier molecular flexibility index (Phi) is 6.16. The molecule has 132 valence electrons. The molecular weight excluding hydrogens is 357 g/mol. The topological polar surface area (TPSA) is 45.2 Å². The van der Waals surface area contributed by atoms with Crippen LogP contribution in [-0.2, 0) is 6.42 Å². The highest BCUT2D eigenvalue weighted by atomic mass is 35.5. The number of anilines is 1. The first-order valence-electron chi connectivity index (χ1n) is 8.56. The molecule has 0 atom stereocenters. The second-order valence-electron chi connectivity index (χ2n) is 6.19. The normalized spacial score (nSPS) is 14.4. The van der Waals surface area contributed by atoms with E-state index in [1.54, 1.807) is 24.4 Å². The molecule has 1 saturated heterocycles. The van der Waals surface area contributed by atoms with E-state index in [0.29, 0.717) is 28.6 Å². The molecule has 1 aliphatic rings. The third-order valence-corrected chi connectivity index (χ3v) is 4.97. The minimum atomic E-state index is -0.0919. The van der Waals surface area contributed by atoms with Crippen molar-refractivity contribution in [3.8, 4) is 0 Å². The van der Waals surface area contributed by atoms with Crippen LogP contribution in [0.4, 0.5) is 5.82 Å². The number of aromatic nitrogens is 1. The zero-order valence-corrected chi connectivity index (χ0v) is 15.5. The summed E-state index contributed by atoms with van der Waals surface area (Å²) in [7, 11) is 0. The molecule has 0 unspecified atom stereocenters.